The second kappa shape index (κ2) is 33.8. The molecular weight excluding hydrogens is 717 g/mol. The van der Waals surface area contributed by atoms with Crippen LogP contribution >= 0.6 is 0 Å². The molecule has 3 aromatic rings. The molecule has 0 fully saturated rings. The lowest BCUT2D eigenvalue weighted by atomic mass is 10.1. The van der Waals surface area contributed by atoms with Crippen LogP contribution in [0.3, 0.4) is 0 Å². The average molecular weight is 793 g/mol. The van der Waals surface area contributed by atoms with E-state index in [9.17, 15) is 0 Å². The maximum Gasteiger partial charge on any atom is 0.250 e. The minimum Gasteiger partial charge on any atom is -0.565 e. The van der Waals surface area contributed by atoms with Gasteiger partial charge >= 0.3 is 0 Å². The third kappa shape index (κ3) is 23.0. The highest BCUT2D eigenvalue weighted by molar-refractivity contribution is 7.97. The van der Waals surface area contributed by atoms with Crippen LogP contribution in [0.4, 0.5) is 4.79 Å². The Morgan fingerprint density at radius 2 is 0.768 bits per heavy atom. The van der Waals surface area contributed by atoms with Crippen LogP contribution in [0.2, 0.25) is 0 Å². The van der Waals surface area contributed by atoms with Crippen molar-refractivity contribution >= 4 is 17.1 Å². The molecule has 0 aliphatic heterocycles. The summed E-state index contributed by atoms with van der Waals surface area (Å²) in [5.41, 5.74) is 0. The van der Waals surface area contributed by atoms with Crippen LogP contribution in [-0.2, 0) is 10.9 Å². The fraction of sp³-hybridized carbons (Fsp3) is 0.612. The second-order valence-corrected chi connectivity index (χ2v) is 16.9. The molecule has 6 nitrogen and oxygen atoms in total. The van der Waals surface area contributed by atoms with Gasteiger partial charge in [-0.3, -0.25) is 0 Å². The topological polar surface area (TPSA) is 88.1 Å². The third-order valence-corrected chi connectivity index (χ3v) is 12.2. The van der Waals surface area contributed by atoms with Crippen LogP contribution in [0, 0.1) is 0 Å². The number of rotatable bonds is 33. The molecule has 0 saturated carbocycles. The van der Waals surface area contributed by atoms with E-state index in [1.165, 1.54) is 145 Å². The van der Waals surface area contributed by atoms with E-state index in [0.29, 0.717) is 13.2 Å². The molecule has 3 aromatic carbocycles. The second-order valence-electron chi connectivity index (χ2n) is 14.9. The fourth-order valence-corrected chi connectivity index (χ4v) is 9.04. The van der Waals surface area contributed by atoms with Gasteiger partial charge in [-0.2, -0.15) is 0 Å². The first-order valence-electron chi connectivity index (χ1n) is 22.3. The Labute approximate surface area is 344 Å². The molecule has 0 bridgehead atoms. The van der Waals surface area contributed by atoms with Crippen molar-refractivity contribution in [2.24, 2.45) is 0 Å². The summed E-state index contributed by atoms with van der Waals surface area (Å²) in [5.74, 6) is 2.70. The first kappa shape index (κ1) is 48.8. The summed E-state index contributed by atoms with van der Waals surface area (Å²) in [6.07, 6.45) is 28.8. The van der Waals surface area contributed by atoms with E-state index in [2.05, 4.69) is 93.6 Å². The van der Waals surface area contributed by atoms with Crippen LogP contribution in [-0.4, -0.2) is 31.1 Å². The highest BCUT2D eigenvalue weighted by atomic mass is 32.2. The van der Waals surface area contributed by atoms with Crippen LogP contribution in [0.1, 0.15) is 175 Å². The Bertz CT molecular complexity index is 1260. The Hall–Kier alpha value is -3.32. The van der Waals surface area contributed by atoms with Crippen molar-refractivity contribution in [3.63, 3.8) is 0 Å². The van der Waals surface area contributed by atoms with Gasteiger partial charge < -0.3 is 29.2 Å². The quantitative estimate of drug-likeness (QED) is 0.0488. The summed E-state index contributed by atoms with van der Waals surface area (Å²) in [6, 6.07) is 26.2. The van der Waals surface area contributed by atoms with E-state index in [4.69, 9.17) is 29.2 Å². The van der Waals surface area contributed by atoms with Crippen molar-refractivity contribution in [2.45, 2.75) is 190 Å². The van der Waals surface area contributed by atoms with Gasteiger partial charge in [0.15, 0.2) is 21.3 Å². The van der Waals surface area contributed by atoms with Crippen LogP contribution in [0.25, 0.3) is 0 Å². The molecule has 0 saturated heterocycles. The zero-order chi connectivity index (χ0) is 40.3. The molecule has 7 heteroatoms. The van der Waals surface area contributed by atoms with Crippen molar-refractivity contribution in [3.05, 3.63) is 72.8 Å². The van der Waals surface area contributed by atoms with Crippen molar-refractivity contribution < 1.29 is 29.2 Å². The lowest BCUT2D eigenvalue weighted by molar-refractivity contribution is -0.275. The molecule has 0 radical (unpaired) electrons. The normalized spacial score (nSPS) is 10.9. The number of carboxylic acid groups (broad SMARTS) is 2. The molecule has 0 aromatic heterocycles. The third-order valence-electron chi connectivity index (χ3n) is 9.93. The largest absolute Gasteiger partial charge is 0.565 e. The predicted molar refractivity (Wildman–Crippen MR) is 234 cm³/mol. The average Bonchev–Trinajstić information content (AvgIpc) is 3.20. The lowest BCUT2D eigenvalue weighted by Crippen LogP contribution is -2.17. The fourth-order valence-electron chi connectivity index (χ4n) is 6.80. The molecule has 0 spiro atoms. The molecule has 314 valence electrons. The Morgan fingerprint density at radius 3 is 1.09 bits per heavy atom. The van der Waals surface area contributed by atoms with E-state index < -0.39 is 17.1 Å². The summed E-state index contributed by atoms with van der Waals surface area (Å²) in [4.78, 5) is 12.1. The summed E-state index contributed by atoms with van der Waals surface area (Å²) < 4.78 is 20.1. The molecule has 56 heavy (non-hydrogen) atoms. The van der Waals surface area contributed by atoms with E-state index in [1.54, 1.807) is 0 Å². The number of carbonyl (C=O) groups is 1. The summed E-state index contributed by atoms with van der Waals surface area (Å²) in [7, 11) is -0.393. The smallest absolute Gasteiger partial charge is 0.250 e. The minimum absolute atomic E-state index is 0.393. The molecule has 0 heterocycles. The van der Waals surface area contributed by atoms with Gasteiger partial charge in [-0.25, -0.2) is 0 Å². The maximum absolute atomic E-state index is 8.44. The van der Waals surface area contributed by atoms with E-state index in [0.717, 1.165) is 48.0 Å². The first-order valence-corrected chi connectivity index (χ1v) is 23.5. The van der Waals surface area contributed by atoms with E-state index in [-0.39, 0.29) is 0 Å². The summed E-state index contributed by atoms with van der Waals surface area (Å²) in [6.45, 7) is 9.01. The number of hydrogen-bond donors (Lipinski definition) is 1. The standard InChI is InChI=1S/C48H75O3S.CH2O3/c1-4-7-10-13-16-19-22-31-38-49-43-41-46(50-39-32-23-20-17-14-11-8-5-2)48(47(42-43)51-40-33-24-21-18-15-12-9-6-3)52(44-34-27-25-28-35-44)45-36-29-26-30-37-45;2-1(3)4/h25-30,34-37,41-42H,4-24,31-33,38-40H2,1-3H3;(H2,2,3,4)/q+1;/p-1. The van der Waals surface area contributed by atoms with Gasteiger partial charge in [0, 0.05) is 12.1 Å². The lowest BCUT2D eigenvalue weighted by Gasteiger charge is -2.19. The predicted octanol–water partition coefficient (Wildman–Crippen LogP) is 14.2. The van der Waals surface area contributed by atoms with E-state index >= 15 is 0 Å². The van der Waals surface area contributed by atoms with Crippen molar-refractivity contribution in [3.8, 4) is 17.2 Å². The Morgan fingerprint density at radius 1 is 0.482 bits per heavy atom. The van der Waals surface area contributed by atoms with Crippen molar-refractivity contribution in [2.75, 3.05) is 19.8 Å². The summed E-state index contributed by atoms with van der Waals surface area (Å²) >= 11 is 0. The van der Waals surface area contributed by atoms with Crippen LogP contribution in [0.5, 0.6) is 17.2 Å². The number of benzene rings is 3. The number of ether oxygens (including phenoxy) is 3. The van der Waals surface area contributed by atoms with Gasteiger partial charge in [-0.15, -0.1) is 0 Å². The van der Waals surface area contributed by atoms with Gasteiger partial charge in [0.05, 0.1) is 19.8 Å². The Kier molecular flexibility index (Phi) is 29.5. The first-order chi connectivity index (χ1) is 27.5. The van der Waals surface area contributed by atoms with Gasteiger partial charge in [-0.1, -0.05) is 192 Å². The van der Waals surface area contributed by atoms with Gasteiger partial charge in [0.25, 0.3) is 0 Å². The molecule has 0 aliphatic rings. The van der Waals surface area contributed by atoms with Crippen LogP contribution in [0.15, 0.2) is 87.5 Å². The molecule has 0 atom stereocenters. The summed E-state index contributed by atoms with van der Waals surface area (Å²) in [5, 5.41) is 15.3. The number of unbranched alkanes of at least 4 members (excludes halogenated alkanes) is 21. The minimum atomic E-state index is -2.08. The maximum atomic E-state index is 8.44. The highest BCUT2D eigenvalue weighted by Crippen LogP contribution is 2.45. The van der Waals surface area contributed by atoms with E-state index in [1.807, 2.05) is 0 Å². The van der Waals surface area contributed by atoms with Crippen molar-refractivity contribution in [1.29, 1.82) is 0 Å². The number of hydrogen-bond acceptors (Lipinski definition) is 5. The van der Waals surface area contributed by atoms with Gasteiger partial charge in [-0.05, 0) is 43.5 Å². The van der Waals surface area contributed by atoms with Gasteiger partial charge in [0.2, 0.25) is 11.1 Å². The molecule has 0 unspecified atom stereocenters. The van der Waals surface area contributed by atoms with Gasteiger partial charge in [0.1, 0.15) is 16.6 Å². The highest BCUT2D eigenvalue weighted by Gasteiger charge is 2.37. The molecule has 3 rings (SSSR count). The molecule has 1 N–H and O–H groups in total. The monoisotopic (exact) mass is 793 g/mol. The zero-order valence-electron chi connectivity index (χ0n) is 35.4. The molecule has 0 aliphatic carbocycles. The Balaban J connectivity index is 0.00000258. The molecule has 0 amide bonds. The SMILES string of the molecule is CCCCCCCCCCOc1cc(OCCCCCCCCCC)c([S+](c2ccccc2)c2ccccc2)c(OCCCCCCCCCC)c1.O=C([O-])O. The molecular formula is C49H76O6S. The van der Waals surface area contributed by atoms with Crippen molar-refractivity contribution in [1.82, 2.24) is 0 Å². The zero-order valence-corrected chi connectivity index (χ0v) is 36.2. The van der Waals surface area contributed by atoms with Crippen LogP contribution < -0.4 is 19.3 Å².